The molecule has 0 atom stereocenters. The molecule has 0 amide bonds. The van der Waals surface area contributed by atoms with Gasteiger partial charge in [-0.15, -0.1) is 0 Å². The molecule has 5 heteroatoms. The van der Waals surface area contributed by atoms with Gasteiger partial charge in [-0.3, -0.25) is 9.88 Å². The molecule has 0 unspecified atom stereocenters. The van der Waals surface area contributed by atoms with Crippen molar-refractivity contribution in [2.24, 2.45) is 0 Å². The van der Waals surface area contributed by atoms with Crippen molar-refractivity contribution in [3.05, 3.63) is 83.2 Å². The van der Waals surface area contributed by atoms with Crippen molar-refractivity contribution in [3.63, 3.8) is 0 Å². The molecule has 1 aromatic heterocycles. The van der Waals surface area contributed by atoms with Crippen LogP contribution in [0.1, 0.15) is 28.8 Å². The van der Waals surface area contributed by atoms with Crippen molar-refractivity contribution >= 4 is 16.3 Å². The molecule has 2 aromatic carbocycles. The first-order valence-corrected chi connectivity index (χ1v) is 9.83. The van der Waals surface area contributed by atoms with Crippen LogP contribution in [0.15, 0.2) is 60.8 Å². The van der Waals surface area contributed by atoms with Crippen LogP contribution in [0.2, 0.25) is 0 Å². The fourth-order valence-electron chi connectivity index (χ4n) is 3.88. The molecule has 0 radical (unpaired) electrons. The maximum absolute atomic E-state index is 12.9. The molecule has 150 valence electrons. The molecule has 0 N–H and O–H groups in total. The van der Waals surface area contributed by atoms with Crippen LogP contribution in [-0.2, 0) is 12.6 Å². The maximum atomic E-state index is 12.9. The van der Waals surface area contributed by atoms with Crippen molar-refractivity contribution in [1.29, 1.82) is 0 Å². The molecule has 2 heterocycles. The van der Waals surface area contributed by atoms with E-state index in [9.17, 15) is 13.2 Å². The van der Waals surface area contributed by atoms with Crippen LogP contribution >= 0.6 is 0 Å². The van der Waals surface area contributed by atoms with E-state index in [2.05, 4.69) is 34.2 Å². The molecule has 0 saturated carbocycles. The summed E-state index contributed by atoms with van der Waals surface area (Å²) < 4.78 is 38.8. The maximum Gasteiger partial charge on any atom is 0.416 e. The van der Waals surface area contributed by atoms with Crippen LogP contribution in [-0.4, -0.2) is 29.5 Å². The Kier molecular flexibility index (Phi) is 5.41. The van der Waals surface area contributed by atoms with Gasteiger partial charge in [0.05, 0.1) is 5.56 Å². The number of nitrogens with zero attached hydrogens (tertiary/aromatic N) is 2. The van der Waals surface area contributed by atoms with Gasteiger partial charge in [0.1, 0.15) is 0 Å². The van der Waals surface area contributed by atoms with Gasteiger partial charge in [0.2, 0.25) is 0 Å². The third-order valence-electron chi connectivity index (χ3n) is 5.60. The van der Waals surface area contributed by atoms with Gasteiger partial charge in [-0.25, -0.2) is 0 Å². The van der Waals surface area contributed by atoms with E-state index in [0.717, 1.165) is 49.8 Å². The minimum absolute atomic E-state index is 0.584. The summed E-state index contributed by atoms with van der Waals surface area (Å²) in [6.45, 7) is 4.57. The number of hydrogen-bond donors (Lipinski definition) is 0. The van der Waals surface area contributed by atoms with E-state index in [4.69, 9.17) is 0 Å². The molecule has 0 saturated heterocycles. The van der Waals surface area contributed by atoms with Crippen molar-refractivity contribution in [3.8, 4) is 0 Å². The van der Waals surface area contributed by atoms with E-state index in [1.807, 2.05) is 19.2 Å². The molecule has 1 aliphatic rings. The van der Waals surface area contributed by atoms with Gasteiger partial charge in [-0.2, -0.15) is 13.2 Å². The van der Waals surface area contributed by atoms with E-state index in [-0.39, 0.29) is 0 Å². The number of aryl methyl sites for hydroxylation is 1. The Hall–Kier alpha value is -2.66. The third-order valence-corrected chi connectivity index (χ3v) is 5.60. The highest BCUT2D eigenvalue weighted by Crippen LogP contribution is 2.32. The quantitative estimate of drug-likeness (QED) is 0.546. The summed E-state index contributed by atoms with van der Waals surface area (Å²) in [5, 5.41) is 2.39. The second-order valence-corrected chi connectivity index (χ2v) is 7.56. The monoisotopic (exact) mass is 396 g/mol. The van der Waals surface area contributed by atoms with Crippen LogP contribution < -0.4 is 0 Å². The highest BCUT2D eigenvalue weighted by Gasteiger charge is 2.30. The summed E-state index contributed by atoms with van der Waals surface area (Å²) in [4.78, 5) is 6.71. The SMILES string of the molecule is Cc1nccc2ccc(CCN3CC=C(c4cccc(C(F)(F)F)c4)CC3)cc12. The number of pyridine rings is 1. The standard InChI is InChI=1S/C24H23F3N2/c1-17-23-15-18(5-6-20(23)7-11-28-17)8-12-29-13-9-19(10-14-29)21-3-2-4-22(16-21)24(25,26)27/h2-7,9,11,15-16H,8,10,12-14H2,1H3. The van der Waals surface area contributed by atoms with Gasteiger partial charge in [0.15, 0.2) is 0 Å². The Labute approximate surface area is 168 Å². The summed E-state index contributed by atoms with van der Waals surface area (Å²) in [5.74, 6) is 0. The van der Waals surface area contributed by atoms with Crippen molar-refractivity contribution in [2.45, 2.75) is 25.9 Å². The molecule has 0 bridgehead atoms. The molecule has 0 fully saturated rings. The molecule has 2 nitrogen and oxygen atoms in total. The summed E-state index contributed by atoms with van der Waals surface area (Å²) in [7, 11) is 0. The lowest BCUT2D eigenvalue weighted by Gasteiger charge is -2.26. The predicted octanol–water partition coefficient (Wildman–Crippen LogP) is 5.89. The average molecular weight is 396 g/mol. The van der Waals surface area contributed by atoms with Gasteiger partial charge >= 0.3 is 6.18 Å². The Bertz CT molecular complexity index is 1050. The molecular weight excluding hydrogens is 373 g/mol. The number of hydrogen-bond acceptors (Lipinski definition) is 2. The van der Waals surface area contributed by atoms with Gasteiger partial charge in [0, 0.05) is 36.9 Å². The van der Waals surface area contributed by atoms with Gasteiger partial charge in [0.25, 0.3) is 0 Å². The first kappa shape index (κ1) is 19.6. The number of halogens is 3. The lowest BCUT2D eigenvalue weighted by Crippen LogP contribution is -2.30. The normalized spacial score (nSPS) is 15.5. The summed E-state index contributed by atoms with van der Waals surface area (Å²) >= 11 is 0. The average Bonchev–Trinajstić information content (AvgIpc) is 2.72. The second kappa shape index (κ2) is 7.99. The largest absolute Gasteiger partial charge is 0.416 e. The Balaban J connectivity index is 1.40. The van der Waals surface area contributed by atoms with Gasteiger partial charge in [-0.1, -0.05) is 30.3 Å². The van der Waals surface area contributed by atoms with E-state index in [1.54, 1.807) is 6.07 Å². The minimum atomic E-state index is -4.30. The number of rotatable bonds is 4. The van der Waals surface area contributed by atoms with E-state index < -0.39 is 11.7 Å². The van der Waals surface area contributed by atoms with Gasteiger partial charge < -0.3 is 0 Å². The van der Waals surface area contributed by atoms with Crippen LogP contribution in [0.25, 0.3) is 16.3 Å². The zero-order valence-electron chi connectivity index (χ0n) is 16.3. The molecule has 3 aromatic rings. The van der Waals surface area contributed by atoms with Crippen LogP contribution in [0.3, 0.4) is 0 Å². The summed E-state index contributed by atoms with van der Waals surface area (Å²) in [5.41, 5.74) is 3.41. The fraction of sp³-hybridized carbons (Fsp3) is 0.292. The molecule has 1 aliphatic heterocycles. The zero-order chi connectivity index (χ0) is 20.4. The highest BCUT2D eigenvalue weighted by molar-refractivity contribution is 5.84. The number of alkyl halides is 3. The topological polar surface area (TPSA) is 16.1 Å². The first-order chi connectivity index (χ1) is 13.9. The first-order valence-electron chi connectivity index (χ1n) is 9.83. The fourth-order valence-corrected chi connectivity index (χ4v) is 3.88. The van der Waals surface area contributed by atoms with Crippen molar-refractivity contribution in [2.75, 3.05) is 19.6 Å². The Morgan fingerprint density at radius 3 is 2.69 bits per heavy atom. The van der Waals surface area contributed by atoms with E-state index in [1.165, 1.54) is 28.5 Å². The number of fused-ring (bicyclic) bond motifs is 1. The lowest BCUT2D eigenvalue weighted by atomic mass is 9.97. The third kappa shape index (κ3) is 4.51. The molecular formula is C24H23F3N2. The zero-order valence-corrected chi connectivity index (χ0v) is 16.3. The molecule has 29 heavy (non-hydrogen) atoms. The van der Waals surface area contributed by atoms with Gasteiger partial charge in [-0.05, 0) is 66.1 Å². The highest BCUT2D eigenvalue weighted by atomic mass is 19.4. The second-order valence-electron chi connectivity index (χ2n) is 7.56. The van der Waals surface area contributed by atoms with E-state index >= 15 is 0 Å². The lowest BCUT2D eigenvalue weighted by molar-refractivity contribution is -0.137. The van der Waals surface area contributed by atoms with Crippen molar-refractivity contribution < 1.29 is 13.2 Å². The Morgan fingerprint density at radius 1 is 1.07 bits per heavy atom. The van der Waals surface area contributed by atoms with Crippen molar-refractivity contribution in [1.82, 2.24) is 9.88 Å². The number of benzene rings is 2. The molecule has 4 rings (SSSR count). The number of aromatic nitrogens is 1. The molecule has 0 aliphatic carbocycles. The minimum Gasteiger partial charge on any atom is -0.299 e. The smallest absolute Gasteiger partial charge is 0.299 e. The van der Waals surface area contributed by atoms with E-state index in [0.29, 0.717) is 5.56 Å². The summed E-state index contributed by atoms with van der Waals surface area (Å²) in [6.07, 6.45) is 1.30. The van der Waals surface area contributed by atoms with Crippen LogP contribution in [0.4, 0.5) is 13.2 Å². The van der Waals surface area contributed by atoms with Crippen LogP contribution in [0, 0.1) is 6.92 Å². The van der Waals surface area contributed by atoms with Crippen LogP contribution in [0.5, 0.6) is 0 Å². The predicted molar refractivity (Wildman–Crippen MR) is 111 cm³/mol. The summed E-state index contributed by atoms with van der Waals surface area (Å²) in [6, 6.07) is 14.2. The Morgan fingerprint density at radius 2 is 1.93 bits per heavy atom. The molecule has 0 spiro atoms.